The van der Waals surface area contributed by atoms with Crippen molar-refractivity contribution in [3.8, 4) is 0 Å². The normalized spacial score (nSPS) is 17.9. The summed E-state index contributed by atoms with van der Waals surface area (Å²) in [5, 5.41) is 5.42. The molecule has 2 heterocycles. The highest BCUT2D eigenvalue weighted by Crippen LogP contribution is 2.42. The van der Waals surface area contributed by atoms with Gasteiger partial charge < -0.3 is 5.32 Å². The van der Waals surface area contributed by atoms with E-state index >= 15 is 0 Å². The van der Waals surface area contributed by atoms with Crippen molar-refractivity contribution in [2.24, 2.45) is 0 Å². The average molecular weight is 318 g/mol. The number of thiophene rings is 1. The zero-order chi connectivity index (χ0) is 14.4. The fourth-order valence-electron chi connectivity index (χ4n) is 2.99. The highest BCUT2D eigenvalue weighted by molar-refractivity contribution is 7.19. The zero-order valence-electron chi connectivity index (χ0n) is 11.2. The van der Waals surface area contributed by atoms with Gasteiger partial charge in [-0.3, -0.25) is 0 Å². The maximum absolute atomic E-state index is 13.4. The first-order valence-electron chi connectivity index (χ1n) is 6.92. The highest BCUT2D eigenvalue weighted by atomic mass is 35.5. The molecule has 1 aromatic heterocycles. The lowest BCUT2D eigenvalue weighted by Crippen LogP contribution is -2.30. The maximum atomic E-state index is 13.4. The van der Waals surface area contributed by atoms with Crippen molar-refractivity contribution in [1.29, 1.82) is 0 Å². The lowest BCUT2D eigenvalue weighted by Gasteiger charge is -2.26. The van der Waals surface area contributed by atoms with E-state index in [0.717, 1.165) is 39.4 Å². The van der Waals surface area contributed by atoms with Gasteiger partial charge in [0.15, 0.2) is 0 Å². The number of halogens is 2. The van der Waals surface area contributed by atoms with Crippen LogP contribution in [-0.2, 0) is 6.42 Å². The van der Waals surface area contributed by atoms with Gasteiger partial charge in [-0.05, 0) is 35.7 Å². The highest BCUT2D eigenvalue weighted by Gasteiger charge is 2.26. The monoisotopic (exact) mass is 317 g/mol. The molecule has 106 valence electrons. The smallest absolute Gasteiger partial charge is 0.123 e. The predicted octanol–water partition coefficient (Wildman–Crippen LogP) is 4.93. The van der Waals surface area contributed by atoms with Crippen LogP contribution in [0.4, 0.5) is 4.39 Å². The molecular weight excluding hydrogens is 305 g/mol. The molecule has 0 amide bonds. The van der Waals surface area contributed by atoms with Gasteiger partial charge >= 0.3 is 0 Å². The molecule has 1 nitrogen and oxygen atoms in total. The van der Waals surface area contributed by atoms with Gasteiger partial charge in [0.05, 0.1) is 11.1 Å². The topological polar surface area (TPSA) is 12.0 Å². The van der Waals surface area contributed by atoms with Crippen LogP contribution in [0.25, 0.3) is 10.1 Å². The van der Waals surface area contributed by atoms with Gasteiger partial charge in [0.2, 0.25) is 0 Å². The summed E-state index contributed by atoms with van der Waals surface area (Å²) < 4.78 is 14.6. The third-order valence-corrected chi connectivity index (χ3v) is 5.74. The van der Waals surface area contributed by atoms with E-state index in [2.05, 4.69) is 11.4 Å². The Balaban J connectivity index is 1.89. The Morgan fingerprint density at radius 3 is 2.90 bits per heavy atom. The Morgan fingerprint density at radius 1 is 1.19 bits per heavy atom. The first kappa shape index (κ1) is 13.3. The summed E-state index contributed by atoms with van der Waals surface area (Å²) >= 11 is 8.29. The van der Waals surface area contributed by atoms with Gasteiger partial charge in [-0.2, -0.15) is 0 Å². The second-order valence-electron chi connectivity index (χ2n) is 5.26. The van der Waals surface area contributed by atoms with Crippen molar-refractivity contribution in [1.82, 2.24) is 5.32 Å². The molecule has 1 atom stereocenters. The van der Waals surface area contributed by atoms with Crippen LogP contribution in [0.2, 0.25) is 5.02 Å². The van der Waals surface area contributed by atoms with E-state index in [0.29, 0.717) is 0 Å². The molecule has 1 aliphatic heterocycles. The van der Waals surface area contributed by atoms with Crippen LogP contribution in [0.15, 0.2) is 42.5 Å². The molecule has 0 saturated heterocycles. The lowest BCUT2D eigenvalue weighted by atomic mass is 9.93. The molecular formula is C17H13ClFNS. The fourth-order valence-corrected chi connectivity index (χ4v) is 4.62. The van der Waals surface area contributed by atoms with Crippen LogP contribution in [0, 0.1) is 5.82 Å². The molecule has 2 aromatic carbocycles. The molecule has 0 radical (unpaired) electrons. The SMILES string of the molecule is Fc1ccc2c(c1)CCNC2c1sc2ccccc2c1Cl. The Labute approximate surface area is 131 Å². The number of rotatable bonds is 1. The van der Waals surface area contributed by atoms with E-state index < -0.39 is 0 Å². The van der Waals surface area contributed by atoms with Crippen molar-refractivity contribution in [3.05, 3.63) is 69.3 Å². The van der Waals surface area contributed by atoms with E-state index in [9.17, 15) is 4.39 Å². The zero-order valence-corrected chi connectivity index (χ0v) is 12.8. The molecule has 21 heavy (non-hydrogen) atoms. The van der Waals surface area contributed by atoms with Crippen molar-refractivity contribution in [2.75, 3.05) is 6.54 Å². The Morgan fingerprint density at radius 2 is 2.05 bits per heavy atom. The predicted molar refractivity (Wildman–Crippen MR) is 86.8 cm³/mol. The second-order valence-corrected chi connectivity index (χ2v) is 6.72. The van der Waals surface area contributed by atoms with Crippen molar-refractivity contribution < 1.29 is 4.39 Å². The minimum Gasteiger partial charge on any atom is -0.305 e. The summed E-state index contributed by atoms with van der Waals surface area (Å²) in [4.78, 5) is 1.12. The summed E-state index contributed by atoms with van der Waals surface area (Å²) in [5.74, 6) is -0.170. The average Bonchev–Trinajstić information content (AvgIpc) is 2.84. The van der Waals surface area contributed by atoms with Crippen LogP contribution in [0.1, 0.15) is 22.0 Å². The quantitative estimate of drug-likeness (QED) is 0.671. The lowest BCUT2D eigenvalue weighted by molar-refractivity contribution is 0.564. The summed E-state index contributed by atoms with van der Waals surface area (Å²) in [6, 6.07) is 13.3. The largest absolute Gasteiger partial charge is 0.305 e. The van der Waals surface area contributed by atoms with Gasteiger partial charge in [0, 0.05) is 21.5 Å². The van der Waals surface area contributed by atoms with Crippen LogP contribution >= 0.6 is 22.9 Å². The minimum absolute atomic E-state index is 0.0549. The summed E-state index contributed by atoms with van der Waals surface area (Å²) in [7, 11) is 0. The van der Waals surface area contributed by atoms with Crippen LogP contribution in [-0.4, -0.2) is 6.54 Å². The van der Waals surface area contributed by atoms with Gasteiger partial charge in [0.1, 0.15) is 5.82 Å². The first-order valence-corrected chi connectivity index (χ1v) is 8.12. The number of benzene rings is 2. The van der Waals surface area contributed by atoms with E-state index in [4.69, 9.17) is 11.6 Å². The van der Waals surface area contributed by atoms with Crippen molar-refractivity contribution in [3.63, 3.8) is 0 Å². The van der Waals surface area contributed by atoms with E-state index in [1.165, 1.54) is 10.8 Å². The van der Waals surface area contributed by atoms with E-state index in [-0.39, 0.29) is 11.9 Å². The van der Waals surface area contributed by atoms with Crippen LogP contribution < -0.4 is 5.32 Å². The second kappa shape index (κ2) is 5.09. The molecule has 0 bridgehead atoms. The standard InChI is InChI=1S/C17H13ClFNS/c18-15-13-3-1-2-4-14(13)21-17(15)16-12-6-5-11(19)9-10(12)7-8-20-16/h1-6,9,16,20H,7-8H2. The summed E-state index contributed by atoms with van der Waals surface area (Å²) in [6.45, 7) is 0.839. The Hall–Kier alpha value is -1.42. The Bertz CT molecular complexity index is 827. The summed E-state index contributed by atoms with van der Waals surface area (Å²) in [6.07, 6.45) is 0.853. The molecule has 0 aliphatic carbocycles. The molecule has 1 N–H and O–H groups in total. The van der Waals surface area contributed by atoms with Gasteiger partial charge in [-0.15, -0.1) is 11.3 Å². The molecule has 3 aromatic rings. The molecule has 0 fully saturated rings. The number of hydrogen-bond acceptors (Lipinski definition) is 2. The van der Waals surface area contributed by atoms with Gasteiger partial charge in [-0.25, -0.2) is 4.39 Å². The van der Waals surface area contributed by atoms with Crippen molar-refractivity contribution >= 4 is 33.0 Å². The van der Waals surface area contributed by atoms with Gasteiger partial charge in [-0.1, -0.05) is 35.9 Å². The number of fused-ring (bicyclic) bond motifs is 2. The van der Waals surface area contributed by atoms with E-state index in [1.807, 2.05) is 24.3 Å². The van der Waals surface area contributed by atoms with Crippen LogP contribution in [0.3, 0.4) is 0 Å². The molecule has 4 heteroatoms. The molecule has 4 rings (SSSR count). The number of hydrogen-bond donors (Lipinski definition) is 1. The molecule has 1 unspecified atom stereocenters. The fraction of sp³-hybridized carbons (Fsp3) is 0.176. The first-order chi connectivity index (χ1) is 10.2. The summed E-state index contributed by atoms with van der Waals surface area (Å²) in [5.41, 5.74) is 2.21. The third-order valence-electron chi connectivity index (χ3n) is 3.98. The Kier molecular flexibility index (Phi) is 3.21. The molecule has 1 aliphatic rings. The van der Waals surface area contributed by atoms with Crippen molar-refractivity contribution in [2.45, 2.75) is 12.5 Å². The minimum atomic E-state index is -0.170. The maximum Gasteiger partial charge on any atom is 0.123 e. The molecule has 0 spiro atoms. The van der Waals surface area contributed by atoms with Gasteiger partial charge in [0.25, 0.3) is 0 Å². The molecule has 0 saturated carbocycles. The third kappa shape index (κ3) is 2.16. The van der Waals surface area contributed by atoms with E-state index in [1.54, 1.807) is 17.4 Å². The number of nitrogens with one attached hydrogen (secondary N) is 1. The van der Waals surface area contributed by atoms with Crippen LogP contribution in [0.5, 0.6) is 0 Å².